The van der Waals surface area contributed by atoms with Crippen LogP contribution in [0.4, 0.5) is 4.39 Å². The molecule has 5 nitrogen and oxygen atoms in total. The Labute approximate surface area is 150 Å². The van der Waals surface area contributed by atoms with E-state index in [1.165, 1.54) is 6.07 Å². The zero-order chi connectivity index (χ0) is 17.6. The number of aromatic nitrogens is 2. The maximum absolute atomic E-state index is 14.0. The van der Waals surface area contributed by atoms with Gasteiger partial charge in [0.05, 0.1) is 12.1 Å². The molecule has 0 radical (unpaired) electrons. The van der Waals surface area contributed by atoms with E-state index in [9.17, 15) is 9.18 Å². The summed E-state index contributed by atoms with van der Waals surface area (Å²) in [6.45, 7) is 1.40. The van der Waals surface area contributed by atoms with E-state index in [-0.39, 0.29) is 35.5 Å². The van der Waals surface area contributed by atoms with Gasteiger partial charge in [0.1, 0.15) is 5.82 Å². The molecule has 2 N–H and O–H groups in total. The first kappa shape index (κ1) is 16.5. The Morgan fingerprint density at radius 2 is 2.24 bits per heavy atom. The molecule has 2 aromatic rings. The lowest BCUT2D eigenvalue weighted by Gasteiger charge is -2.17. The SMILES string of the molecule is Cn1cc([C@H]2CNC[C@@H]2C(=O)NC2CC2c2c(F)cccc2Cl)cn1. The normalized spacial score (nSPS) is 28.1. The monoisotopic (exact) mass is 362 g/mol. The minimum atomic E-state index is -0.301. The van der Waals surface area contributed by atoms with E-state index in [4.69, 9.17) is 11.6 Å². The number of halogens is 2. The van der Waals surface area contributed by atoms with Crippen molar-refractivity contribution in [3.05, 3.63) is 52.6 Å². The summed E-state index contributed by atoms with van der Waals surface area (Å²) in [5.74, 6) is -0.350. The molecule has 2 heterocycles. The van der Waals surface area contributed by atoms with Gasteiger partial charge in [0.15, 0.2) is 0 Å². The molecule has 2 aliphatic rings. The van der Waals surface area contributed by atoms with Crippen LogP contribution in [0.1, 0.15) is 29.4 Å². The number of hydrogen-bond acceptors (Lipinski definition) is 3. The maximum atomic E-state index is 14.0. The molecule has 132 valence electrons. The molecular weight excluding hydrogens is 343 g/mol. The lowest BCUT2D eigenvalue weighted by Crippen LogP contribution is -2.36. The van der Waals surface area contributed by atoms with Gasteiger partial charge in [-0.05, 0) is 24.1 Å². The van der Waals surface area contributed by atoms with Crippen molar-refractivity contribution in [1.29, 1.82) is 0 Å². The molecule has 0 bridgehead atoms. The summed E-state index contributed by atoms with van der Waals surface area (Å²) < 4.78 is 15.8. The number of amides is 1. The zero-order valence-corrected chi connectivity index (χ0v) is 14.6. The van der Waals surface area contributed by atoms with Crippen molar-refractivity contribution in [2.75, 3.05) is 13.1 Å². The Bertz CT molecular complexity index is 788. The molecule has 1 saturated carbocycles. The Kier molecular flexibility index (Phi) is 4.25. The number of carbonyl (C=O) groups excluding carboxylic acids is 1. The van der Waals surface area contributed by atoms with Gasteiger partial charge >= 0.3 is 0 Å². The Hall–Kier alpha value is -1.92. The second-order valence-corrected chi connectivity index (χ2v) is 7.32. The molecule has 25 heavy (non-hydrogen) atoms. The van der Waals surface area contributed by atoms with Gasteiger partial charge in [-0.3, -0.25) is 9.48 Å². The minimum Gasteiger partial charge on any atom is -0.352 e. The fourth-order valence-electron chi connectivity index (χ4n) is 3.76. The van der Waals surface area contributed by atoms with E-state index >= 15 is 0 Å². The van der Waals surface area contributed by atoms with Gasteiger partial charge in [0.25, 0.3) is 0 Å². The summed E-state index contributed by atoms with van der Waals surface area (Å²) in [6.07, 6.45) is 4.50. The number of nitrogens with zero attached hydrogens (tertiary/aromatic N) is 2. The third kappa shape index (κ3) is 3.16. The molecule has 4 rings (SSSR count). The van der Waals surface area contributed by atoms with E-state index in [1.54, 1.807) is 16.8 Å². The second-order valence-electron chi connectivity index (χ2n) is 6.91. The lowest BCUT2D eigenvalue weighted by molar-refractivity contribution is -0.125. The van der Waals surface area contributed by atoms with Gasteiger partial charge in [-0.15, -0.1) is 0 Å². The van der Waals surface area contributed by atoms with Gasteiger partial charge in [0, 0.05) is 54.8 Å². The second kappa shape index (κ2) is 6.42. The fraction of sp³-hybridized carbons (Fsp3) is 0.444. The molecule has 0 spiro atoms. The summed E-state index contributed by atoms with van der Waals surface area (Å²) in [5, 5.41) is 11.0. The predicted molar refractivity (Wildman–Crippen MR) is 93.0 cm³/mol. The van der Waals surface area contributed by atoms with Gasteiger partial charge < -0.3 is 10.6 Å². The van der Waals surface area contributed by atoms with E-state index in [2.05, 4.69) is 15.7 Å². The highest BCUT2D eigenvalue weighted by atomic mass is 35.5. The van der Waals surface area contributed by atoms with Crippen molar-refractivity contribution in [3.63, 3.8) is 0 Å². The number of carbonyl (C=O) groups is 1. The van der Waals surface area contributed by atoms with Crippen LogP contribution in [-0.2, 0) is 11.8 Å². The van der Waals surface area contributed by atoms with Crippen molar-refractivity contribution in [1.82, 2.24) is 20.4 Å². The fourth-order valence-corrected chi connectivity index (χ4v) is 4.07. The van der Waals surface area contributed by atoms with Crippen LogP contribution in [-0.4, -0.2) is 34.8 Å². The Morgan fingerprint density at radius 1 is 1.40 bits per heavy atom. The van der Waals surface area contributed by atoms with Gasteiger partial charge in [-0.1, -0.05) is 17.7 Å². The minimum absolute atomic E-state index is 0.0128. The number of hydrogen-bond donors (Lipinski definition) is 2. The molecular formula is C18H20ClFN4O. The predicted octanol–water partition coefficient (Wildman–Crippen LogP) is 2.19. The molecule has 7 heteroatoms. The molecule has 1 aliphatic carbocycles. The topological polar surface area (TPSA) is 59.0 Å². The first-order valence-corrected chi connectivity index (χ1v) is 8.86. The van der Waals surface area contributed by atoms with Crippen molar-refractivity contribution in [2.24, 2.45) is 13.0 Å². The highest BCUT2D eigenvalue weighted by molar-refractivity contribution is 6.31. The van der Waals surface area contributed by atoms with Crippen molar-refractivity contribution >= 4 is 17.5 Å². The first-order valence-electron chi connectivity index (χ1n) is 8.48. The zero-order valence-electron chi connectivity index (χ0n) is 13.9. The van der Waals surface area contributed by atoms with Crippen LogP contribution in [0.15, 0.2) is 30.6 Å². The average Bonchev–Trinajstić information content (AvgIpc) is 2.99. The first-order chi connectivity index (χ1) is 12.0. The summed E-state index contributed by atoms with van der Waals surface area (Å²) in [4.78, 5) is 12.7. The summed E-state index contributed by atoms with van der Waals surface area (Å²) in [5.41, 5.74) is 1.58. The smallest absolute Gasteiger partial charge is 0.225 e. The number of benzene rings is 1. The number of aryl methyl sites for hydroxylation is 1. The molecule has 2 unspecified atom stereocenters. The van der Waals surface area contributed by atoms with Crippen LogP contribution in [0.5, 0.6) is 0 Å². The lowest BCUT2D eigenvalue weighted by atomic mass is 9.90. The van der Waals surface area contributed by atoms with E-state index in [1.807, 2.05) is 19.4 Å². The molecule has 1 saturated heterocycles. The highest BCUT2D eigenvalue weighted by Gasteiger charge is 2.44. The van der Waals surface area contributed by atoms with Crippen LogP contribution in [0.2, 0.25) is 5.02 Å². The molecule has 1 amide bonds. The van der Waals surface area contributed by atoms with Crippen LogP contribution in [0.25, 0.3) is 0 Å². The van der Waals surface area contributed by atoms with Crippen LogP contribution >= 0.6 is 11.6 Å². The van der Waals surface area contributed by atoms with E-state index in [0.29, 0.717) is 17.1 Å². The molecule has 1 aliphatic heterocycles. The Morgan fingerprint density at radius 3 is 2.96 bits per heavy atom. The average molecular weight is 363 g/mol. The van der Waals surface area contributed by atoms with Crippen LogP contribution in [0.3, 0.4) is 0 Å². The Balaban J connectivity index is 1.43. The van der Waals surface area contributed by atoms with Gasteiger partial charge in [0.2, 0.25) is 5.91 Å². The molecule has 1 aromatic carbocycles. The summed E-state index contributed by atoms with van der Waals surface area (Å²) in [6, 6.07) is 4.66. The standard InChI is InChI=1S/C18H20ClFN4O/c1-24-9-10(6-22-24)12-7-21-8-13(12)18(25)23-16-5-11(16)17-14(19)3-2-4-15(17)20/h2-4,6,9,11-13,16,21H,5,7-8H2,1H3,(H,23,25)/t11?,12-,13+,16?/m1/s1. The summed E-state index contributed by atoms with van der Waals surface area (Å²) >= 11 is 6.13. The van der Waals surface area contributed by atoms with Crippen LogP contribution in [0, 0.1) is 11.7 Å². The largest absolute Gasteiger partial charge is 0.352 e. The highest BCUT2D eigenvalue weighted by Crippen LogP contribution is 2.45. The van der Waals surface area contributed by atoms with Crippen molar-refractivity contribution in [2.45, 2.75) is 24.3 Å². The maximum Gasteiger partial charge on any atom is 0.225 e. The molecule has 4 atom stereocenters. The van der Waals surface area contributed by atoms with E-state index < -0.39 is 0 Å². The van der Waals surface area contributed by atoms with E-state index in [0.717, 1.165) is 18.5 Å². The van der Waals surface area contributed by atoms with Crippen molar-refractivity contribution < 1.29 is 9.18 Å². The number of rotatable bonds is 4. The van der Waals surface area contributed by atoms with Gasteiger partial charge in [-0.2, -0.15) is 5.10 Å². The third-order valence-corrected chi connectivity index (χ3v) is 5.52. The third-order valence-electron chi connectivity index (χ3n) is 5.19. The van der Waals surface area contributed by atoms with Crippen LogP contribution < -0.4 is 10.6 Å². The number of nitrogens with one attached hydrogen (secondary N) is 2. The molecule has 1 aromatic heterocycles. The summed E-state index contributed by atoms with van der Waals surface area (Å²) in [7, 11) is 1.87. The quantitative estimate of drug-likeness (QED) is 0.876. The molecule has 2 fully saturated rings. The van der Waals surface area contributed by atoms with Crippen molar-refractivity contribution in [3.8, 4) is 0 Å². The van der Waals surface area contributed by atoms with Gasteiger partial charge in [-0.25, -0.2) is 4.39 Å².